The van der Waals surface area contributed by atoms with Crippen molar-refractivity contribution in [2.24, 2.45) is 0 Å². The summed E-state index contributed by atoms with van der Waals surface area (Å²) >= 11 is 5.67. The molecule has 0 heterocycles. The molecule has 1 nitrogen and oxygen atoms in total. The number of nitrogens with one attached hydrogen (secondary N) is 1. The highest BCUT2D eigenvalue weighted by molar-refractivity contribution is 6.30. The Bertz CT molecular complexity index is 284. The van der Waals surface area contributed by atoms with Crippen molar-refractivity contribution in [3.05, 3.63) is 34.6 Å². The van der Waals surface area contributed by atoms with Crippen LogP contribution < -0.4 is 5.32 Å². The molecule has 1 unspecified atom stereocenters. The van der Waals surface area contributed by atoms with Crippen molar-refractivity contribution in [1.29, 1.82) is 0 Å². The van der Waals surface area contributed by atoms with Crippen LogP contribution in [0.15, 0.2) is 18.2 Å². The van der Waals surface area contributed by atoms with E-state index in [2.05, 4.69) is 5.32 Å². The molecule has 0 bridgehead atoms. The quantitative estimate of drug-likeness (QED) is 0.792. The summed E-state index contributed by atoms with van der Waals surface area (Å²) in [5, 5.41) is 3.22. The van der Waals surface area contributed by atoms with Crippen molar-refractivity contribution in [3.8, 4) is 0 Å². The molecule has 0 aliphatic rings. The molecular formula is C10H13ClFN. The second-order valence-corrected chi connectivity index (χ2v) is 3.30. The number of halogens is 2. The molecule has 1 atom stereocenters. The van der Waals surface area contributed by atoms with Gasteiger partial charge in [-0.15, -0.1) is 0 Å². The first-order valence-corrected chi connectivity index (χ1v) is 4.69. The Labute approximate surface area is 82.9 Å². The van der Waals surface area contributed by atoms with Gasteiger partial charge in [0.15, 0.2) is 0 Å². The summed E-state index contributed by atoms with van der Waals surface area (Å²) in [5.74, 6) is -0.314. The van der Waals surface area contributed by atoms with Crippen LogP contribution in [0, 0.1) is 5.82 Å². The molecule has 1 rings (SSSR count). The van der Waals surface area contributed by atoms with E-state index >= 15 is 0 Å². The maximum Gasteiger partial charge on any atom is 0.146 e. The minimum atomic E-state index is -0.314. The van der Waals surface area contributed by atoms with Crippen LogP contribution in [0.1, 0.15) is 24.9 Å². The smallest absolute Gasteiger partial charge is 0.146 e. The summed E-state index contributed by atoms with van der Waals surface area (Å²) in [4.78, 5) is 0. The van der Waals surface area contributed by atoms with Gasteiger partial charge in [-0.05, 0) is 19.5 Å². The Morgan fingerprint density at radius 3 is 2.77 bits per heavy atom. The van der Waals surface area contributed by atoms with Gasteiger partial charge < -0.3 is 5.32 Å². The molecule has 0 aliphatic carbocycles. The molecule has 0 saturated carbocycles. The first-order chi connectivity index (χ1) is 6.20. The lowest BCUT2D eigenvalue weighted by Gasteiger charge is -2.15. The summed E-state index contributed by atoms with van der Waals surface area (Å²) in [6.07, 6.45) is 0.841. The Morgan fingerprint density at radius 2 is 2.23 bits per heavy atom. The minimum Gasteiger partial charge on any atom is -0.313 e. The van der Waals surface area contributed by atoms with E-state index in [1.807, 2.05) is 14.0 Å². The fraction of sp³-hybridized carbons (Fsp3) is 0.400. The zero-order valence-corrected chi connectivity index (χ0v) is 8.53. The van der Waals surface area contributed by atoms with Gasteiger partial charge in [0, 0.05) is 11.6 Å². The topological polar surface area (TPSA) is 12.0 Å². The second kappa shape index (κ2) is 4.58. The van der Waals surface area contributed by atoms with Crippen LogP contribution in [0.5, 0.6) is 0 Å². The zero-order valence-electron chi connectivity index (χ0n) is 7.77. The van der Waals surface area contributed by atoms with E-state index in [0.717, 1.165) is 6.42 Å². The van der Waals surface area contributed by atoms with Crippen molar-refractivity contribution in [1.82, 2.24) is 5.32 Å². The maximum atomic E-state index is 13.5. The predicted molar refractivity (Wildman–Crippen MR) is 53.5 cm³/mol. The van der Waals surface area contributed by atoms with Gasteiger partial charge >= 0.3 is 0 Å². The molecule has 0 radical (unpaired) electrons. The molecule has 0 aliphatic heterocycles. The van der Waals surface area contributed by atoms with Gasteiger partial charge in [0.05, 0.1) is 5.02 Å². The highest BCUT2D eigenvalue weighted by atomic mass is 35.5. The zero-order chi connectivity index (χ0) is 9.84. The largest absolute Gasteiger partial charge is 0.313 e. The van der Waals surface area contributed by atoms with Crippen LogP contribution in [0.25, 0.3) is 0 Å². The molecule has 1 aromatic rings. The first kappa shape index (κ1) is 10.5. The first-order valence-electron chi connectivity index (χ1n) is 4.31. The molecule has 0 saturated heterocycles. The molecule has 0 amide bonds. The molecule has 0 spiro atoms. The highest BCUT2D eigenvalue weighted by Crippen LogP contribution is 2.24. The molecule has 3 heteroatoms. The van der Waals surface area contributed by atoms with Gasteiger partial charge in [0.1, 0.15) is 5.82 Å². The Morgan fingerprint density at radius 1 is 1.54 bits per heavy atom. The van der Waals surface area contributed by atoms with Gasteiger partial charge in [-0.25, -0.2) is 4.39 Å². The Hall–Kier alpha value is -0.600. The van der Waals surface area contributed by atoms with E-state index in [9.17, 15) is 4.39 Å². The van der Waals surface area contributed by atoms with Gasteiger partial charge in [0.25, 0.3) is 0 Å². The van der Waals surface area contributed by atoms with E-state index in [0.29, 0.717) is 5.56 Å². The van der Waals surface area contributed by atoms with Gasteiger partial charge in [0.2, 0.25) is 0 Å². The molecule has 0 aromatic heterocycles. The molecule has 0 fully saturated rings. The Kier molecular flexibility index (Phi) is 3.70. The number of hydrogen-bond donors (Lipinski definition) is 1. The van der Waals surface area contributed by atoms with E-state index in [1.165, 1.54) is 0 Å². The summed E-state index contributed by atoms with van der Waals surface area (Å²) in [6.45, 7) is 2.00. The SMILES string of the molecule is CCC(NC)c1cccc(Cl)c1F. The maximum absolute atomic E-state index is 13.5. The average molecular weight is 202 g/mol. The molecule has 13 heavy (non-hydrogen) atoms. The fourth-order valence-electron chi connectivity index (χ4n) is 1.37. The normalized spacial score (nSPS) is 12.9. The van der Waals surface area contributed by atoms with Crippen molar-refractivity contribution in [3.63, 3.8) is 0 Å². The molecule has 72 valence electrons. The van der Waals surface area contributed by atoms with E-state index in [4.69, 9.17) is 11.6 Å². The highest BCUT2D eigenvalue weighted by Gasteiger charge is 2.13. The van der Waals surface area contributed by atoms with Gasteiger partial charge in [-0.3, -0.25) is 0 Å². The van der Waals surface area contributed by atoms with E-state index in [-0.39, 0.29) is 16.9 Å². The molecule has 1 aromatic carbocycles. The van der Waals surface area contributed by atoms with Gasteiger partial charge in [-0.1, -0.05) is 30.7 Å². The van der Waals surface area contributed by atoms with Crippen molar-refractivity contribution < 1.29 is 4.39 Å². The minimum absolute atomic E-state index is 0.0405. The van der Waals surface area contributed by atoms with Crippen LogP contribution in [-0.2, 0) is 0 Å². The van der Waals surface area contributed by atoms with Crippen LogP contribution in [0.3, 0.4) is 0 Å². The van der Waals surface area contributed by atoms with Crippen molar-refractivity contribution in [2.45, 2.75) is 19.4 Å². The number of rotatable bonds is 3. The molecule has 1 N–H and O–H groups in total. The summed E-state index contributed by atoms with van der Waals surface area (Å²) in [7, 11) is 1.81. The van der Waals surface area contributed by atoms with Crippen molar-refractivity contribution >= 4 is 11.6 Å². The monoisotopic (exact) mass is 201 g/mol. The average Bonchev–Trinajstić information content (AvgIpc) is 2.14. The summed E-state index contributed by atoms with van der Waals surface area (Å²) < 4.78 is 13.5. The molecular weight excluding hydrogens is 189 g/mol. The third-order valence-corrected chi connectivity index (χ3v) is 2.41. The van der Waals surface area contributed by atoms with E-state index < -0.39 is 0 Å². The summed E-state index contributed by atoms with van der Waals surface area (Å²) in [5.41, 5.74) is 0.637. The Balaban J connectivity index is 3.05. The van der Waals surface area contributed by atoms with E-state index in [1.54, 1.807) is 18.2 Å². The third kappa shape index (κ3) is 2.20. The second-order valence-electron chi connectivity index (χ2n) is 2.89. The summed E-state index contributed by atoms with van der Waals surface area (Å²) in [6, 6.07) is 5.12. The fourth-order valence-corrected chi connectivity index (χ4v) is 1.55. The van der Waals surface area contributed by atoms with Crippen LogP contribution >= 0.6 is 11.6 Å². The third-order valence-electron chi connectivity index (χ3n) is 2.11. The number of benzene rings is 1. The lowest BCUT2D eigenvalue weighted by atomic mass is 10.0. The van der Waals surface area contributed by atoms with Crippen molar-refractivity contribution in [2.75, 3.05) is 7.05 Å². The predicted octanol–water partition coefficient (Wildman–Crippen LogP) is 3.15. The lowest BCUT2D eigenvalue weighted by Crippen LogP contribution is -2.16. The van der Waals surface area contributed by atoms with Crippen LogP contribution in [0.2, 0.25) is 5.02 Å². The lowest BCUT2D eigenvalue weighted by molar-refractivity contribution is 0.525. The van der Waals surface area contributed by atoms with Gasteiger partial charge in [-0.2, -0.15) is 0 Å². The standard InChI is InChI=1S/C10H13ClFN/c1-3-9(13-2)7-5-4-6-8(11)10(7)12/h4-6,9,13H,3H2,1-2H3. The number of hydrogen-bond acceptors (Lipinski definition) is 1. The van der Waals surface area contributed by atoms with Crippen LogP contribution in [-0.4, -0.2) is 7.05 Å². The van der Waals surface area contributed by atoms with Crippen LogP contribution in [0.4, 0.5) is 4.39 Å².